The molecule has 0 aromatic carbocycles. The summed E-state index contributed by atoms with van der Waals surface area (Å²) >= 11 is 0. The summed E-state index contributed by atoms with van der Waals surface area (Å²) in [7, 11) is 1.45. The summed E-state index contributed by atoms with van der Waals surface area (Å²) in [6.45, 7) is 0.00487. The summed E-state index contributed by atoms with van der Waals surface area (Å²) in [5.41, 5.74) is 0. The second kappa shape index (κ2) is 4.77. The number of hydrogen-bond donors (Lipinski definition) is 2. The third kappa shape index (κ3) is 3.23. The Morgan fingerprint density at radius 1 is 1.60 bits per heavy atom. The Morgan fingerprint density at radius 3 is 2.73 bits per heavy atom. The number of likely N-dealkylation sites (N-methyl/N-ethyl adjacent to an activating group) is 1. The number of amides is 2. The van der Waals surface area contributed by atoms with Gasteiger partial charge in [0.1, 0.15) is 6.54 Å². The van der Waals surface area contributed by atoms with Crippen LogP contribution in [-0.2, 0) is 14.4 Å². The van der Waals surface area contributed by atoms with Gasteiger partial charge in [-0.1, -0.05) is 0 Å². The molecule has 1 aliphatic heterocycles. The summed E-state index contributed by atoms with van der Waals surface area (Å²) in [5.74, 6) is -1.60. The smallest absolute Gasteiger partial charge is 0.323 e. The molecular formula is C9H14N2O4. The molecule has 6 nitrogen and oxygen atoms in total. The van der Waals surface area contributed by atoms with Crippen LogP contribution in [0, 0.1) is 5.92 Å². The van der Waals surface area contributed by atoms with E-state index in [1.165, 1.54) is 11.9 Å². The fraction of sp³-hybridized carbons (Fsp3) is 0.667. The molecule has 84 valence electrons. The van der Waals surface area contributed by atoms with E-state index in [4.69, 9.17) is 5.11 Å². The van der Waals surface area contributed by atoms with E-state index in [-0.39, 0.29) is 24.3 Å². The number of carbonyl (C=O) groups excluding carboxylic acids is 2. The van der Waals surface area contributed by atoms with Crippen LogP contribution >= 0.6 is 0 Å². The average molecular weight is 214 g/mol. The first-order valence-corrected chi connectivity index (χ1v) is 4.74. The molecule has 0 radical (unpaired) electrons. The van der Waals surface area contributed by atoms with Crippen LogP contribution in [0.25, 0.3) is 0 Å². The largest absolute Gasteiger partial charge is 0.480 e. The van der Waals surface area contributed by atoms with Crippen LogP contribution in [0.3, 0.4) is 0 Å². The SMILES string of the molecule is CN(CC(=O)O)C(=O)C1CCC(=O)NC1. The summed E-state index contributed by atoms with van der Waals surface area (Å²) in [6.07, 6.45) is 0.825. The van der Waals surface area contributed by atoms with E-state index in [0.29, 0.717) is 19.4 Å². The van der Waals surface area contributed by atoms with Crippen molar-refractivity contribution >= 4 is 17.8 Å². The normalized spacial score (nSPS) is 20.6. The van der Waals surface area contributed by atoms with Gasteiger partial charge in [-0.2, -0.15) is 0 Å². The molecule has 0 aromatic rings. The van der Waals surface area contributed by atoms with Crippen molar-refractivity contribution in [2.75, 3.05) is 20.1 Å². The van der Waals surface area contributed by atoms with E-state index in [0.717, 1.165) is 0 Å². The van der Waals surface area contributed by atoms with Gasteiger partial charge in [0, 0.05) is 20.0 Å². The van der Waals surface area contributed by atoms with Crippen LogP contribution in [0.4, 0.5) is 0 Å². The summed E-state index contributed by atoms with van der Waals surface area (Å²) in [6, 6.07) is 0. The molecule has 15 heavy (non-hydrogen) atoms. The van der Waals surface area contributed by atoms with Gasteiger partial charge in [-0.15, -0.1) is 0 Å². The van der Waals surface area contributed by atoms with Gasteiger partial charge < -0.3 is 15.3 Å². The van der Waals surface area contributed by atoms with Gasteiger partial charge in [-0.3, -0.25) is 14.4 Å². The fourth-order valence-electron chi connectivity index (χ4n) is 1.54. The minimum absolute atomic E-state index is 0.0556. The molecule has 0 spiro atoms. The van der Waals surface area contributed by atoms with Crippen molar-refractivity contribution in [3.05, 3.63) is 0 Å². The molecule has 1 aliphatic rings. The second-order valence-electron chi connectivity index (χ2n) is 3.63. The summed E-state index contributed by atoms with van der Waals surface area (Å²) < 4.78 is 0. The lowest BCUT2D eigenvalue weighted by atomic mass is 9.98. The standard InChI is InChI=1S/C9H14N2O4/c1-11(5-8(13)14)9(15)6-2-3-7(12)10-4-6/h6H,2-5H2,1H3,(H,10,12)(H,13,14). The lowest BCUT2D eigenvalue weighted by Gasteiger charge is -2.25. The Morgan fingerprint density at radius 2 is 2.27 bits per heavy atom. The van der Waals surface area contributed by atoms with Gasteiger partial charge in [0.25, 0.3) is 0 Å². The maximum atomic E-state index is 11.7. The number of aliphatic carboxylic acids is 1. The highest BCUT2D eigenvalue weighted by molar-refractivity contribution is 5.85. The molecule has 0 aliphatic carbocycles. The lowest BCUT2D eigenvalue weighted by Crippen LogP contribution is -2.44. The molecular weight excluding hydrogens is 200 g/mol. The summed E-state index contributed by atoms with van der Waals surface area (Å²) in [4.78, 5) is 34.1. The van der Waals surface area contributed by atoms with E-state index in [2.05, 4.69) is 5.32 Å². The summed E-state index contributed by atoms with van der Waals surface area (Å²) in [5, 5.41) is 11.1. The Balaban J connectivity index is 2.46. The van der Waals surface area contributed by atoms with Crippen LogP contribution in [0.2, 0.25) is 0 Å². The second-order valence-corrected chi connectivity index (χ2v) is 3.63. The molecule has 6 heteroatoms. The average Bonchev–Trinajstić information content (AvgIpc) is 2.17. The quantitative estimate of drug-likeness (QED) is 0.634. The highest BCUT2D eigenvalue weighted by Crippen LogP contribution is 2.13. The van der Waals surface area contributed by atoms with Crippen LogP contribution in [0.15, 0.2) is 0 Å². The van der Waals surface area contributed by atoms with Crippen molar-refractivity contribution in [3.8, 4) is 0 Å². The number of nitrogens with one attached hydrogen (secondary N) is 1. The maximum Gasteiger partial charge on any atom is 0.323 e. The molecule has 0 aromatic heterocycles. The van der Waals surface area contributed by atoms with Gasteiger partial charge in [0.05, 0.1) is 5.92 Å². The number of piperidine rings is 1. The molecule has 0 bridgehead atoms. The Hall–Kier alpha value is -1.59. The first-order valence-electron chi connectivity index (χ1n) is 4.74. The van der Waals surface area contributed by atoms with Crippen molar-refractivity contribution < 1.29 is 19.5 Å². The van der Waals surface area contributed by atoms with Gasteiger partial charge in [0.15, 0.2) is 0 Å². The molecule has 1 fully saturated rings. The Labute approximate surface area is 87.2 Å². The zero-order valence-electron chi connectivity index (χ0n) is 8.52. The van der Waals surface area contributed by atoms with Crippen LogP contribution in [-0.4, -0.2) is 47.9 Å². The van der Waals surface area contributed by atoms with Gasteiger partial charge in [-0.25, -0.2) is 0 Å². The first-order chi connectivity index (χ1) is 7.00. The number of carboxylic acid groups (broad SMARTS) is 1. The van der Waals surface area contributed by atoms with Crippen molar-refractivity contribution in [2.45, 2.75) is 12.8 Å². The van der Waals surface area contributed by atoms with E-state index >= 15 is 0 Å². The van der Waals surface area contributed by atoms with Gasteiger partial charge in [-0.05, 0) is 6.42 Å². The number of carboxylic acids is 1. The number of carbonyl (C=O) groups is 3. The monoisotopic (exact) mass is 214 g/mol. The number of nitrogens with zero attached hydrogens (tertiary/aromatic N) is 1. The molecule has 1 atom stereocenters. The lowest BCUT2D eigenvalue weighted by molar-refractivity contribution is -0.146. The van der Waals surface area contributed by atoms with Gasteiger partial charge in [0.2, 0.25) is 11.8 Å². The van der Waals surface area contributed by atoms with E-state index in [1.807, 2.05) is 0 Å². The van der Waals surface area contributed by atoms with Crippen molar-refractivity contribution in [2.24, 2.45) is 5.92 Å². The maximum absolute atomic E-state index is 11.7. The third-order valence-corrected chi connectivity index (χ3v) is 2.36. The van der Waals surface area contributed by atoms with Crippen molar-refractivity contribution in [3.63, 3.8) is 0 Å². The van der Waals surface area contributed by atoms with E-state index in [9.17, 15) is 14.4 Å². The number of hydrogen-bond acceptors (Lipinski definition) is 3. The molecule has 1 heterocycles. The Kier molecular flexibility index (Phi) is 3.65. The highest BCUT2D eigenvalue weighted by Gasteiger charge is 2.27. The molecule has 1 unspecified atom stereocenters. The van der Waals surface area contributed by atoms with Crippen molar-refractivity contribution in [1.29, 1.82) is 0 Å². The third-order valence-electron chi connectivity index (χ3n) is 2.36. The fourth-order valence-corrected chi connectivity index (χ4v) is 1.54. The van der Waals surface area contributed by atoms with E-state index < -0.39 is 5.97 Å². The van der Waals surface area contributed by atoms with E-state index in [1.54, 1.807) is 0 Å². The van der Waals surface area contributed by atoms with Gasteiger partial charge >= 0.3 is 5.97 Å². The number of rotatable bonds is 3. The predicted molar refractivity (Wildman–Crippen MR) is 51.0 cm³/mol. The minimum atomic E-state index is -1.04. The van der Waals surface area contributed by atoms with Crippen molar-refractivity contribution in [1.82, 2.24) is 10.2 Å². The molecule has 1 rings (SSSR count). The first kappa shape index (κ1) is 11.5. The molecule has 2 N–H and O–H groups in total. The predicted octanol–water partition coefficient (Wildman–Crippen LogP) is -0.944. The van der Waals surface area contributed by atoms with Crippen LogP contribution in [0.1, 0.15) is 12.8 Å². The highest BCUT2D eigenvalue weighted by atomic mass is 16.4. The van der Waals surface area contributed by atoms with Crippen LogP contribution in [0.5, 0.6) is 0 Å². The zero-order chi connectivity index (χ0) is 11.4. The molecule has 1 saturated heterocycles. The van der Waals surface area contributed by atoms with Crippen LogP contribution < -0.4 is 5.32 Å². The molecule has 0 saturated carbocycles. The topological polar surface area (TPSA) is 86.7 Å². The molecule has 2 amide bonds. The minimum Gasteiger partial charge on any atom is -0.480 e. The zero-order valence-corrected chi connectivity index (χ0v) is 8.52. The Bertz CT molecular complexity index is 280.